The summed E-state index contributed by atoms with van der Waals surface area (Å²) in [5.41, 5.74) is -0.226. The van der Waals surface area contributed by atoms with Gasteiger partial charge in [-0.3, -0.25) is 4.79 Å². The number of carbonyl (C=O) groups is 2. The highest BCUT2D eigenvalue weighted by Crippen LogP contribution is 2.29. The van der Waals surface area contributed by atoms with E-state index in [2.05, 4.69) is 0 Å². The summed E-state index contributed by atoms with van der Waals surface area (Å²) in [5.74, 6) is -2.07. The quantitative estimate of drug-likeness (QED) is 0.450. The number of hydrogen-bond donors (Lipinski definition) is 1. The van der Waals surface area contributed by atoms with Gasteiger partial charge in [0.2, 0.25) is 0 Å². The van der Waals surface area contributed by atoms with Gasteiger partial charge in [-0.15, -0.1) is 11.3 Å². The Hall–Kier alpha value is -2.93. The number of rotatable bonds is 3. The van der Waals surface area contributed by atoms with Crippen molar-refractivity contribution in [2.45, 2.75) is 6.92 Å². The standard InChI is InChI=1S/C16H10O6S/c1-8(17)21-13-7-12-9(5-10(13)15(18)19)6-11(16(20)22-12)14-3-2-4-23-14/h2-7H,1H3,(H,18,19). The Morgan fingerprint density at radius 2 is 2.04 bits per heavy atom. The monoisotopic (exact) mass is 330 g/mol. The average Bonchev–Trinajstić information content (AvgIpc) is 2.99. The van der Waals surface area contributed by atoms with E-state index in [9.17, 15) is 19.5 Å². The van der Waals surface area contributed by atoms with E-state index in [-0.39, 0.29) is 16.9 Å². The minimum atomic E-state index is -1.24. The van der Waals surface area contributed by atoms with Gasteiger partial charge in [-0.1, -0.05) is 6.07 Å². The van der Waals surface area contributed by atoms with Crippen molar-refractivity contribution < 1.29 is 23.8 Å². The van der Waals surface area contributed by atoms with Crippen molar-refractivity contribution in [1.29, 1.82) is 0 Å². The van der Waals surface area contributed by atoms with Crippen LogP contribution >= 0.6 is 11.3 Å². The van der Waals surface area contributed by atoms with E-state index in [0.717, 1.165) is 11.8 Å². The number of thiophene rings is 1. The molecule has 2 aromatic heterocycles. The molecule has 0 amide bonds. The Labute approximate surface area is 133 Å². The molecule has 3 aromatic rings. The van der Waals surface area contributed by atoms with Crippen LogP contribution in [0.2, 0.25) is 0 Å². The molecule has 0 atom stereocenters. The van der Waals surface area contributed by atoms with Crippen LogP contribution in [-0.2, 0) is 4.79 Å². The smallest absolute Gasteiger partial charge is 0.345 e. The topological polar surface area (TPSA) is 93.8 Å². The molecule has 7 heteroatoms. The molecule has 6 nitrogen and oxygen atoms in total. The maximum Gasteiger partial charge on any atom is 0.345 e. The van der Waals surface area contributed by atoms with Gasteiger partial charge in [-0.05, 0) is 23.6 Å². The van der Waals surface area contributed by atoms with Crippen molar-refractivity contribution >= 4 is 34.2 Å². The molecule has 3 rings (SSSR count). The van der Waals surface area contributed by atoms with Crippen LogP contribution in [-0.4, -0.2) is 17.0 Å². The molecule has 0 aliphatic rings. The summed E-state index contributed by atoms with van der Waals surface area (Å²) in [6.07, 6.45) is 0. The molecule has 0 saturated carbocycles. The number of hydrogen-bond acceptors (Lipinski definition) is 6. The summed E-state index contributed by atoms with van der Waals surface area (Å²) < 4.78 is 10.1. The molecule has 0 fully saturated rings. The molecule has 0 spiro atoms. The first kappa shape index (κ1) is 15.0. The van der Waals surface area contributed by atoms with E-state index in [0.29, 0.717) is 10.9 Å². The predicted molar refractivity (Wildman–Crippen MR) is 84.1 cm³/mol. The number of carboxylic acid groups (broad SMARTS) is 1. The molecule has 23 heavy (non-hydrogen) atoms. The number of aromatic carboxylic acids is 1. The van der Waals surface area contributed by atoms with Crippen molar-refractivity contribution in [3.63, 3.8) is 0 Å². The minimum absolute atomic E-state index is 0.150. The lowest BCUT2D eigenvalue weighted by Gasteiger charge is -2.08. The Kier molecular flexibility index (Phi) is 3.71. The zero-order valence-electron chi connectivity index (χ0n) is 11.9. The fourth-order valence-corrected chi connectivity index (χ4v) is 2.89. The van der Waals surface area contributed by atoms with Crippen molar-refractivity contribution in [2.24, 2.45) is 0 Å². The lowest BCUT2D eigenvalue weighted by atomic mass is 10.1. The number of benzene rings is 1. The summed E-state index contributed by atoms with van der Waals surface area (Å²) in [6.45, 7) is 1.16. The van der Waals surface area contributed by atoms with E-state index in [1.54, 1.807) is 18.2 Å². The van der Waals surface area contributed by atoms with Gasteiger partial charge in [0.1, 0.15) is 16.9 Å². The summed E-state index contributed by atoms with van der Waals surface area (Å²) >= 11 is 1.38. The van der Waals surface area contributed by atoms with Crippen LogP contribution in [0.1, 0.15) is 17.3 Å². The molecule has 0 aliphatic carbocycles. The molecular weight excluding hydrogens is 320 g/mol. The summed E-state index contributed by atoms with van der Waals surface area (Å²) in [5, 5.41) is 11.5. The van der Waals surface area contributed by atoms with Gasteiger partial charge in [0.25, 0.3) is 0 Å². The summed E-state index contributed by atoms with van der Waals surface area (Å²) in [6, 6.07) is 7.69. The van der Waals surface area contributed by atoms with E-state index in [1.165, 1.54) is 23.5 Å². The third-order valence-corrected chi connectivity index (χ3v) is 4.01. The lowest BCUT2D eigenvalue weighted by Crippen LogP contribution is -2.08. The van der Waals surface area contributed by atoms with Gasteiger partial charge < -0.3 is 14.3 Å². The first-order valence-electron chi connectivity index (χ1n) is 6.53. The molecule has 1 aromatic carbocycles. The van der Waals surface area contributed by atoms with Gasteiger partial charge >= 0.3 is 17.6 Å². The van der Waals surface area contributed by atoms with Crippen LogP contribution in [0.3, 0.4) is 0 Å². The fraction of sp³-hybridized carbons (Fsp3) is 0.0625. The lowest BCUT2D eigenvalue weighted by molar-refractivity contribution is -0.131. The zero-order chi connectivity index (χ0) is 16.6. The van der Waals surface area contributed by atoms with E-state index in [4.69, 9.17) is 9.15 Å². The molecule has 1 N–H and O–H groups in total. The third kappa shape index (κ3) is 2.86. The number of ether oxygens (including phenoxy) is 1. The number of carboxylic acids is 1. The molecule has 0 bridgehead atoms. The summed E-state index contributed by atoms with van der Waals surface area (Å²) in [4.78, 5) is 35.3. The molecule has 0 saturated heterocycles. The van der Waals surface area contributed by atoms with E-state index >= 15 is 0 Å². The van der Waals surface area contributed by atoms with Gasteiger partial charge in [-0.25, -0.2) is 9.59 Å². The number of carbonyl (C=O) groups excluding carboxylic acids is 1. The first-order valence-corrected chi connectivity index (χ1v) is 7.41. The van der Waals surface area contributed by atoms with E-state index < -0.39 is 17.6 Å². The number of esters is 1. The summed E-state index contributed by atoms with van der Waals surface area (Å²) in [7, 11) is 0. The number of fused-ring (bicyclic) bond motifs is 1. The fourth-order valence-electron chi connectivity index (χ4n) is 2.16. The molecule has 0 aliphatic heterocycles. The SMILES string of the molecule is CC(=O)Oc1cc2oc(=O)c(-c3cccs3)cc2cc1C(=O)O. The Morgan fingerprint density at radius 1 is 1.26 bits per heavy atom. The van der Waals surface area contributed by atoms with E-state index in [1.807, 2.05) is 5.38 Å². The van der Waals surface area contributed by atoms with Crippen molar-refractivity contribution in [2.75, 3.05) is 0 Å². The highest BCUT2D eigenvalue weighted by Gasteiger charge is 2.17. The highest BCUT2D eigenvalue weighted by molar-refractivity contribution is 7.13. The van der Waals surface area contributed by atoms with Gasteiger partial charge in [0.15, 0.2) is 0 Å². The minimum Gasteiger partial charge on any atom is -0.478 e. The van der Waals surface area contributed by atoms with Crippen LogP contribution < -0.4 is 10.4 Å². The largest absolute Gasteiger partial charge is 0.478 e. The van der Waals surface area contributed by atoms with Crippen LogP contribution in [0.15, 0.2) is 44.9 Å². The zero-order valence-corrected chi connectivity index (χ0v) is 12.7. The third-order valence-electron chi connectivity index (χ3n) is 3.11. The van der Waals surface area contributed by atoms with Crippen LogP contribution in [0, 0.1) is 0 Å². The van der Waals surface area contributed by atoms with Gasteiger partial charge in [0.05, 0.1) is 5.56 Å². The van der Waals surface area contributed by atoms with Gasteiger partial charge in [0, 0.05) is 23.3 Å². The Morgan fingerprint density at radius 3 is 2.65 bits per heavy atom. The maximum atomic E-state index is 12.1. The Balaban J connectivity index is 2.26. The van der Waals surface area contributed by atoms with Crippen LogP contribution in [0.25, 0.3) is 21.4 Å². The molecule has 116 valence electrons. The predicted octanol–water partition coefficient (Wildman–Crippen LogP) is 3.15. The molecule has 0 radical (unpaired) electrons. The molecule has 0 unspecified atom stereocenters. The molecule has 2 heterocycles. The normalized spacial score (nSPS) is 10.7. The van der Waals surface area contributed by atoms with Crippen molar-refractivity contribution in [3.8, 4) is 16.2 Å². The van der Waals surface area contributed by atoms with Crippen molar-refractivity contribution in [1.82, 2.24) is 0 Å². The molecular formula is C16H10O6S. The Bertz CT molecular complexity index is 968. The highest BCUT2D eigenvalue weighted by atomic mass is 32.1. The van der Waals surface area contributed by atoms with Crippen LogP contribution in [0.4, 0.5) is 0 Å². The maximum absolute atomic E-state index is 12.1. The van der Waals surface area contributed by atoms with Crippen molar-refractivity contribution in [3.05, 3.63) is 51.7 Å². The second-order valence-electron chi connectivity index (χ2n) is 4.71. The second-order valence-corrected chi connectivity index (χ2v) is 5.66. The second kappa shape index (κ2) is 5.69. The van der Waals surface area contributed by atoms with Crippen LogP contribution in [0.5, 0.6) is 5.75 Å². The first-order chi connectivity index (χ1) is 11.0. The van der Waals surface area contributed by atoms with Gasteiger partial charge in [-0.2, -0.15) is 0 Å². The average molecular weight is 330 g/mol.